The van der Waals surface area contributed by atoms with Gasteiger partial charge in [0.15, 0.2) is 0 Å². The normalized spacial score (nSPS) is 20.3. The molecule has 4 rings (SSSR count). The number of carbonyl (C=O) groups excluding carboxylic acids is 1. The number of carbonyl (C=O) groups is 1. The predicted octanol–water partition coefficient (Wildman–Crippen LogP) is 4.72. The minimum atomic E-state index is -0.888. The molecule has 162 valence electrons. The van der Waals surface area contributed by atoms with Crippen molar-refractivity contribution in [3.8, 4) is 11.1 Å². The molecule has 1 aliphatic carbocycles. The van der Waals surface area contributed by atoms with E-state index >= 15 is 0 Å². The molecular formula is C26H29NO4. The van der Waals surface area contributed by atoms with Crippen molar-refractivity contribution in [1.82, 2.24) is 4.90 Å². The van der Waals surface area contributed by atoms with Crippen molar-refractivity contribution in [1.29, 1.82) is 0 Å². The Morgan fingerprint density at radius 1 is 1.16 bits per heavy atom. The molecule has 0 bridgehead atoms. The number of ether oxygens (including phenoxy) is 2. The van der Waals surface area contributed by atoms with Gasteiger partial charge in [-0.25, -0.2) is 4.79 Å². The molecule has 2 aliphatic rings. The van der Waals surface area contributed by atoms with Crippen molar-refractivity contribution in [2.45, 2.75) is 37.6 Å². The number of aliphatic hydroxyl groups excluding tert-OH is 1. The van der Waals surface area contributed by atoms with Crippen molar-refractivity contribution < 1.29 is 19.4 Å². The molecule has 0 spiro atoms. The molecule has 31 heavy (non-hydrogen) atoms. The molecule has 0 radical (unpaired) electrons. The Kier molecular flexibility index (Phi) is 5.73. The van der Waals surface area contributed by atoms with Crippen LogP contribution in [0.1, 0.15) is 30.9 Å². The number of aliphatic hydroxyl groups is 1. The average Bonchev–Trinajstić information content (AvgIpc) is 3.27. The number of benzene rings is 2. The Morgan fingerprint density at radius 3 is 2.26 bits per heavy atom. The molecule has 1 aliphatic heterocycles. The van der Waals surface area contributed by atoms with E-state index in [1.807, 2.05) is 24.3 Å². The van der Waals surface area contributed by atoms with Crippen LogP contribution in [0.3, 0.4) is 0 Å². The van der Waals surface area contributed by atoms with Crippen molar-refractivity contribution in [3.05, 3.63) is 85.0 Å². The smallest absolute Gasteiger partial charge is 0.412 e. The van der Waals surface area contributed by atoms with Crippen molar-refractivity contribution in [3.63, 3.8) is 0 Å². The van der Waals surface area contributed by atoms with E-state index < -0.39 is 24.0 Å². The first-order chi connectivity index (χ1) is 14.9. The van der Waals surface area contributed by atoms with E-state index in [-0.39, 0.29) is 25.0 Å². The van der Waals surface area contributed by atoms with Crippen LogP contribution in [0.4, 0.5) is 4.79 Å². The van der Waals surface area contributed by atoms with Crippen molar-refractivity contribution in [2.75, 3.05) is 13.2 Å². The zero-order valence-corrected chi connectivity index (χ0v) is 18.0. The lowest BCUT2D eigenvalue weighted by Gasteiger charge is -2.35. The van der Waals surface area contributed by atoms with E-state index in [2.05, 4.69) is 37.4 Å². The highest BCUT2D eigenvalue weighted by Crippen LogP contribution is 2.44. The first-order valence-corrected chi connectivity index (χ1v) is 10.6. The second-order valence-electron chi connectivity index (χ2n) is 8.54. The number of nitrogens with zero attached hydrogens (tertiary/aromatic N) is 1. The van der Waals surface area contributed by atoms with Gasteiger partial charge in [0.05, 0.1) is 18.8 Å². The van der Waals surface area contributed by atoms with Gasteiger partial charge in [-0.15, -0.1) is 13.2 Å². The molecule has 1 heterocycles. The fraction of sp³-hybridized carbons (Fsp3) is 0.346. The summed E-state index contributed by atoms with van der Waals surface area (Å²) in [6.45, 7) is 11.6. The van der Waals surface area contributed by atoms with Gasteiger partial charge < -0.3 is 14.6 Å². The van der Waals surface area contributed by atoms with Gasteiger partial charge in [0, 0.05) is 11.8 Å². The van der Waals surface area contributed by atoms with Gasteiger partial charge >= 0.3 is 6.09 Å². The Labute approximate surface area is 183 Å². The van der Waals surface area contributed by atoms with Gasteiger partial charge in [0.1, 0.15) is 12.3 Å². The van der Waals surface area contributed by atoms with Gasteiger partial charge in [-0.3, -0.25) is 4.90 Å². The zero-order chi connectivity index (χ0) is 22.2. The third-order valence-electron chi connectivity index (χ3n) is 6.38. The summed E-state index contributed by atoms with van der Waals surface area (Å²) in [5.41, 5.74) is 3.78. The van der Waals surface area contributed by atoms with Crippen LogP contribution >= 0.6 is 0 Å². The Morgan fingerprint density at radius 2 is 1.71 bits per heavy atom. The Balaban J connectivity index is 1.55. The summed E-state index contributed by atoms with van der Waals surface area (Å²) in [5, 5.41) is 10.8. The van der Waals surface area contributed by atoms with E-state index in [9.17, 15) is 9.90 Å². The summed E-state index contributed by atoms with van der Waals surface area (Å²) in [4.78, 5) is 14.7. The number of hydrogen-bond donors (Lipinski definition) is 1. The van der Waals surface area contributed by atoms with E-state index in [1.165, 1.54) is 16.0 Å². The van der Waals surface area contributed by atoms with E-state index in [1.54, 1.807) is 26.0 Å². The highest BCUT2D eigenvalue weighted by molar-refractivity contribution is 5.79. The minimum absolute atomic E-state index is 0.0274. The minimum Gasteiger partial charge on any atom is -0.448 e. The molecule has 2 aromatic carbocycles. The lowest BCUT2D eigenvalue weighted by Crippen LogP contribution is -2.53. The molecule has 5 heteroatoms. The topological polar surface area (TPSA) is 59.0 Å². The molecule has 1 fully saturated rings. The quantitative estimate of drug-likeness (QED) is 0.688. The second kappa shape index (κ2) is 8.33. The largest absolute Gasteiger partial charge is 0.448 e. The van der Waals surface area contributed by atoms with Crippen LogP contribution in [0.2, 0.25) is 0 Å². The molecule has 1 saturated heterocycles. The van der Waals surface area contributed by atoms with Crippen LogP contribution in [-0.2, 0) is 9.47 Å². The van der Waals surface area contributed by atoms with Crippen LogP contribution in [0.15, 0.2) is 73.8 Å². The van der Waals surface area contributed by atoms with Crippen molar-refractivity contribution >= 4 is 6.09 Å². The highest BCUT2D eigenvalue weighted by Gasteiger charge is 2.48. The maximum Gasteiger partial charge on any atom is 0.412 e. The summed E-state index contributed by atoms with van der Waals surface area (Å²) in [6.07, 6.45) is 1.87. The summed E-state index contributed by atoms with van der Waals surface area (Å²) >= 11 is 0. The fourth-order valence-electron chi connectivity index (χ4n) is 4.73. The molecule has 1 N–H and O–H groups in total. The number of hydrogen-bond acceptors (Lipinski definition) is 4. The predicted molar refractivity (Wildman–Crippen MR) is 121 cm³/mol. The maximum atomic E-state index is 13.2. The van der Waals surface area contributed by atoms with Crippen LogP contribution in [-0.4, -0.2) is 47.2 Å². The molecular weight excluding hydrogens is 390 g/mol. The third kappa shape index (κ3) is 3.68. The zero-order valence-electron chi connectivity index (χ0n) is 18.0. The Hall–Kier alpha value is -2.89. The first kappa shape index (κ1) is 21.3. The van der Waals surface area contributed by atoms with Gasteiger partial charge in [-0.2, -0.15) is 0 Å². The standard InChI is InChI=1S/C26H29NO4/c1-5-17(6-2)24(28)23-16-31-26(3,4)27(23)25(29)30-15-22-20-13-9-7-11-18(20)19-12-8-10-14-21(19)22/h5-14,17,22-24,28H,1-2,15-16H2,3-4H3/t23-,24-/m0/s1. The highest BCUT2D eigenvalue weighted by atomic mass is 16.6. The summed E-state index contributed by atoms with van der Waals surface area (Å²) < 4.78 is 11.7. The molecule has 1 amide bonds. The fourth-order valence-corrected chi connectivity index (χ4v) is 4.73. The van der Waals surface area contributed by atoms with Gasteiger partial charge in [-0.1, -0.05) is 60.7 Å². The molecule has 2 atom stereocenters. The number of fused-ring (bicyclic) bond motifs is 3. The van der Waals surface area contributed by atoms with Crippen LogP contribution in [0, 0.1) is 5.92 Å². The maximum absolute atomic E-state index is 13.2. The van der Waals surface area contributed by atoms with Crippen molar-refractivity contribution in [2.24, 2.45) is 5.92 Å². The summed E-state index contributed by atoms with van der Waals surface area (Å²) in [6, 6.07) is 15.9. The van der Waals surface area contributed by atoms with E-state index in [0.717, 1.165) is 11.1 Å². The molecule has 5 nitrogen and oxygen atoms in total. The lowest BCUT2D eigenvalue weighted by molar-refractivity contribution is -0.0543. The summed E-state index contributed by atoms with van der Waals surface area (Å²) in [5.74, 6) is -0.383. The van der Waals surface area contributed by atoms with E-state index in [0.29, 0.717) is 0 Å². The van der Waals surface area contributed by atoms with Gasteiger partial charge in [0.25, 0.3) is 0 Å². The number of amides is 1. The monoisotopic (exact) mass is 419 g/mol. The SMILES string of the molecule is C=CC(C=C)[C@H](O)[C@@H]1COC(C)(C)N1C(=O)OCC1c2ccccc2-c2ccccc21. The van der Waals surface area contributed by atoms with Crippen LogP contribution in [0.25, 0.3) is 11.1 Å². The van der Waals surface area contributed by atoms with Gasteiger partial charge in [-0.05, 0) is 36.1 Å². The number of rotatable bonds is 6. The van der Waals surface area contributed by atoms with Crippen LogP contribution in [0.5, 0.6) is 0 Å². The third-order valence-corrected chi connectivity index (χ3v) is 6.38. The first-order valence-electron chi connectivity index (χ1n) is 10.6. The second-order valence-corrected chi connectivity index (χ2v) is 8.54. The van der Waals surface area contributed by atoms with Gasteiger partial charge in [0.2, 0.25) is 0 Å². The Bertz CT molecular complexity index is 945. The van der Waals surface area contributed by atoms with E-state index in [4.69, 9.17) is 9.47 Å². The molecule has 0 saturated carbocycles. The summed E-state index contributed by atoms with van der Waals surface area (Å²) in [7, 11) is 0. The lowest BCUT2D eigenvalue weighted by atomic mass is 9.95. The molecule has 0 aromatic heterocycles. The molecule has 0 unspecified atom stereocenters. The average molecular weight is 420 g/mol. The van der Waals surface area contributed by atoms with Crippen LogP contribution < -0.4 is 0 Å². The molecule has 2 aromatic rings.